The van der Waals surface area contributed by atoms with E-state index in [0.29, 0.717) is 5.69 Å². The van der Waals surface area contributed by atoms with Gasteiger partial charge in [0.2, 0.25) is 0 Å². The van der Waals surface area contributed by atoms with Gasteiger partial charge >= 0.3 is 0 Å². The average Bonchev–Trinajstić information content (AvgIpc) is 2.75. The van der Waals surface area contributed by atoms with Crippen molar-refractivity contribution in [1.29, 1.82) is 0 Å². The lowest BCUT2D eigenvalue weighted by Crippen LogP contribution is -2.14. The number of nitrogen functional groups attached to an aromatic ring is 1. The lowest BCUT2D eigenvalue weighted by molar-refractivity contribution is 0.102. The predicted molar refractivity (Wildman–Crippen MR) is 84.1 cm³/mol. The molecule has 0 saturated carbocycles. The molecule has 0 aliphatic carbocycles. The van der Waals surface area contributed by atoms with Crippen molar-refractivity contribution in [2.75, 3.05) is 11.1 Å². The summed E-state index contributed by atoms with van der Waals surface area (Å²) in [5.41, 5.74) is 8.14. The molecule has 0 aliphatic heterocycles. The van der Waals surface area contributed by atoms with Crippen LogP contribution in [0.2, 0.25) is 0 Å². The molecular weight excluding hydrogens is 355 g/mol. The number of carbonyl (C=O) groups is 1. The highest BCUT2D eigenvalue weighted by Crippen LogP contribution is 2.18. The molecule has 0 atom stereocenters. The Bertz CT molecular complexity index is 577. The molecule has 4 N–H and O–H groups in total. The van der Waals surface area contributed by atoms with E-state index in [0.717, 1.165) is 27.8 Å². The Labute approximate surface area is 125 Å². The Kier molecular flexibility index (Phi) is 4.41. The van der Waals surface area contributed by atoms with Crippen LogP contribution >= 0.6 is 22.6 Å². The van der Waals surface area contributed by atoms with E-state index in [1.165, 1.54) is 0 Å². The number of benzene rings is 1. The topological polar surface area (TPSA) is 83.8 Å². The summed E-state index contributed by atoms with van der Waals surface area (Å²) >= 11 is 2.21. The third kappa shape index (κ3) is 3.25. The third-order valence-corrected chi connectivity index (χ3v) is 3.42. The van der Waals surface area contributed by atoms with Gasteiger partial charge in [-0.1, -0.05) is 13.3 Å². The molecule has 0 fully saturated rings. The summed E-state index contributed by atoms with van der Waals surface area (Å²) in [5, 5.41) is 9.58. The molecule has 0 spiro atoms. The van der Waals surface area contributed by atoms with Gasteiger partial charge in [0.1, 0.15) is 0 Å². The molecule has 1 aromatic heterocycles. The molecule has 6 heteroatoms. The highest BCUT2D eigenvalue weighted by molar-refractivity contribution is 14.1. The summed E-state index contributed by atoms with van der Waals surface area (Å²) in [7, 11) is 0. The van der Waals surface area contributed by atoms with Gasteiger partial charge in [-0.2, -0.15) is 5.10 Å². The minimum absolute atomic E-state index is 0.252. The second-order valence-electron chi connectivity index (χ2n) is 4.18. The molecular formula is C13H15IN4O. The van der Waals surface area contributed by atoms with Gasteiger partial charge in [0, 0.05) is 9.26 Å². The largest absolute Gasteiger partial charge is 0.395 e. The van der Waals surface area contributed by atoms with Crippen LogP contribution in [0.4, 0.5) is 11.4 Å². The van der Waals surface area contributed by atoms with Gasteiger partial charge in [-0.15, -0.1) is 0 Å². The number of amides is 1. The van der Waals surface area contributed by atoms with Gasteiger partial charge in [-0.05, 0) is 53.3 Å². The lowest BCUT2D eigenvalue weighted by Gasteiger charge is -2.04. The Morgan fingerprint density at radius 1 is 1.42 bits per heavy atom. The van der Waals surface area contributed by atoms with Crippen molar-refractivity contribution in [3.63, 3.8) is 0 Å². The fourth-order valence-electron chi connectivity index (χ4n) is 1.72. The monoisotopic (exact) mass is 370 g/mol. The van der Waals surface area contributed by atoms with Crippen LogP contribution in [0.5, 0.6) is 0 Å². The summed E-state index contributed by atoms with van der Waals surface area (Å²) < 4.78 is 1.11. The summed E-state index contributed by atoms with van der Waals surface area (Å²) in [6.45, 7) is 2.05. The molecule has 2 rings (SSSR count). The van der Waals surface area contributed by atoms with Crippen LogP contribution in [0.25, 0.3) is 0 Å². The molecule has 100 valence electrons. The van der Waals surface area contributed by atoms with Crippen molar-refractivity contribution in [3.8, 4) is 0 Å². The first-order valence-corrected chi connectivity index (χ1v) is 7.09. The van der Waals surface area contributed by atoms with Crippen molar-refractivity contribution < 1.29 is 4.79 Å². The Balaban J connectivity index is 2.13. The van der Waals surface area contributed by atoms with Crippen LogP contribution in [0.15, 0.2) is 24.3 Å². The summed E-state index contributed by atoms with van der Waals surface area (Å²) in [4.78, 5) is 12.1. The summed E-state index contributed by atoms with van der Waals surface area (Å²) in [6.07, 6.45) is 1.74. The van der Waals surface area contributed by atoms with Crippen molar-refractivity contribution in [1.82, 2.24) is 10.2 Å². The maximum Gasteiger partial charge on any atom is 0.278 e. The van der Waals surface area contributed by atoms with Gasteiger partial charge in [-0.3, -0.25) is 9.89 Å². The first-order chi connectivity index (χ1) is 9.11. The molecule has 1 heterocycles. The quantitative estimate of drug-likeness (QED) is 0.724. The lowest BCUT2D eigenvalue weighted by atomic mass is 10.2. The van der Waals surface area contributed by atoms with Crippen molar-refractivity contribution in [2.24, 2.45) is 0 Å². The number of aryl methyl sites for hydroxylation is 1. The fourth-order valence-corrected chi connectivity index (χ4v) is 2.08. The van der Waals surface area contributed by atoms with E-state index >= 15 is 0 Å². The number of halogens is 1. The van der Waals surface area contributed by atoms with Crippen molar-refractivity contribution in [3.05, 3.63) is 39.2 Å². The molecule has 0 radical (unpaired) electrons. The van der Waals surface area contributed by atoms with Crippen LogP contribution in [0, 0.1) is 3.57 Å². The summed E-state index contributed by atoms with van der Waals surface area (Å²) in [5.74, 6) is -0.294. The number of aromatic nitrogens is 2. The van der Waals surface area contributed by atoms with Gasteiger partial charge in [0.25, 0.3) is 5.91 Å². The van der Waals surface area contributed by atoms with E-state index in [9.17, 15) is 4.79 Å². The molecule has 5 nitrogen and oxygen atoms in total. The van der Waals surface area contributed by atoms with Crippen molar-refractivity contribution in [2.45, 2.75) is 19.8 Å². The first-order valence-electron chi connectivity index (χ1n) is 6.01. The van der Waals surface area contributed by atoms with Crippen molar-refractivity contribution >= 4 is 39.9 Å². The zero-order valence-electron chi connectivity index (χ0n) is 10.5. The molecule has 0 bridgehead atoms. The zero-order chi connectivity index (χ0) is 13.8. The Morgan fingerprint density at radius 3 is 2.74 bits per heavy atom. The van der Waals surface area contributed by atoms with E-state index in [1.54, 1.807) is 0 Å². The number of hydrogen-bond acceptors (Lipinski definition) is 3. The van der Waals surface area contributed by atoms with Crippen LogP contribution in [-0.4, -0.2) is 16.1 Å². The number of nitrogens with two attached hydrogens (primary N) is 1. The van der Waals surface area contributed by atoms with Crippen LogP contribution < -0.4 is 11.1 Å². The molecule has 1 amide bonds. The fraction of sp³-hybridized carbons (Fsp3) is 0.231. The maximum atomic E-state index is 12.1. The SMILES string of the molecule is CCCc1[nH]nc(C(=O)Nc2ccc(I)cc2)c1N. The average molecular weight is 370 g/mol. The molecule has 0 saturated heterocycles. The Hall–Kier alpha value is -1.57. The zero-order valence-corrected chi connectivity index (χ0v) is 12.7. The van der Waals surface area contributed by atoms with E-state index < -0.39 is 0 Å². The van der Waals surface area contributed by atoms with E-state index in [-0.39, 0.29) is 11.6 Å². The normalized spacial score (nSPS) is 10.4. The van der Waals surface area contributed by atoms with Crippen LogP contribution in [0.1, 0.15) is 29.5 Å². The molecule has 0 unspecified atom stereocenters. The minimum atomic E-state index is -0.294. The number of anilines is 2. The van der Waals surface area contributed by atoms with E-state index in [2.05, 4.69) is 38.1 Å². The number of nitrogens with one attached hydrogen (secondary N) is 2. The molecule has 2 aromatic rings. The van der Waals surface area contributed by atoms with E-state index in [4.69, 9.17) is 5.73 Å². The van der Waals surface area contributed by atoms with E-state index in [1.807, 2.05) is 31.2 Å². The number of aromatic amines is 1. The number of carbonyl (C=O) groups excluding carboxylic acids is 1. The molecule has 0 aliphatic rings. The number of nitrogens with zero attached hydrogens (tertiary/aromatic N) is 1. The number of hydrogen-bond donors (Lipinski definition) is 3. The highest BCUT2D eigenvalue weighted by atomic mass is 127. The molecule has 19 heavy (non-hydrogen) atoms. The van der Waals surface area contributed by atoms with Gasteiger partial charge in [-0.25, -0.2) is 0 Å². The smallest absolute Gasteiger partial charge is 0.278 e. The standard InChI is InChI=1S/C13H15IN4O/c1-2-3-10-11(15)12(18-17-10)13(19)16-9-6-4-8(14)5-7-9/h4-7H,2-3,15H2,1H3,(H,16,19)(H,17,18). The third-order valence-electron chi connectivity index (χ3n) is 2.70. The molecule has 1 aromatic carbocycles. The highest BCUT2D eigenvalue weighted by Gasteiger charge is 2.16. The minimum Gasteiger partial charge on any atom is -0.395 e. The van der Waals surface area contributed by atoms with Gasteiger partial charge in [0.15, 0.2) is 5.69 Å². The number of H-pyrrole nitrogens is 1. The first kappa shape index (κ1) is 13.9. The Morgan fingerprint density at radius 2 is 2.11 bits per heavy atom. The second-order valence-corrected chi connectivity index (χ2v) is 5.42. The number of rotatable bonds is 4. The maximum absolute atomic E-state index is 12.1. The second kappa shape index (κ2) is 6.05. The van der Waals surface area contributed by atoms with Gasteiger partial charge < -0.3 is 11.1 Å². The van der Waals surface area contributed by atoms with Gasteiger partial charge in [0.05, 0.1) is 11.4 Å². The summed E-state index contributed by atoms with van der Waals surface area (Å²) in [6, 6.07) is 7.53. The predicted octanol–water partition coefficient (Wildman–Crippen LogP) is 2.80. The van der Waals surface area contributed by atoms with Crippen LogP contribution in [0.3, 0.4) is 0 Å². The van der Waals surface area contributed by atoms with Crippen LogP contribution in [-0.2, 0) is 6.42 Å².